The molecule has 0 heterocycles. The molecule has 0 aliphatic rings. The number of sulfone groups is 1. The van der Waals surface area contributed by atoms with Gasteiger partial charge in [-0.3, -0.25) is 0 Å². The van der Waals surface area contributed by atoms with Crippen LogP contribution in [0.25, 0.3) is 0 Å². The Morgan fingerprint density at radius 2 is 1.52 bits per heavy atom. The third-order valence-electron chi connectivity index (χ3n) is 3.75. The minimum atomic E-state index is -3.36. The Morgan fingerprint density at radius 1 is 0.913 bits per heavy atom. The average Bonchev–Trinajstić information content (AvgIpc) is 2.52. The summed E-state index contributed by atoms with van der Waals surface area (Å²) in [4.78, 5) is 0.0566. The lowest BCUT2D eigenvalue weighted by Gasteiger charge is -2.17. The fourth-order valence-electron chi connectivity index (χ4n) is 2.41. The summed E-state index contributed by atoms with van der Waals surface area (Å²) in [5, 5.41) is 0. The smallest absolute Gasteiger partial charge is 0.224 e. The Bertz CT molecular complexity index is 723. The SMILES string of the molecule is CS(=O)(=O)c1ccc(C(F)(F)CCCCc2ccccc2)cc1. The van der Waals surface area contributed by atoms with Gasteiger partial charge in [0.15, 0.2) is 9.84 Å². The van der Waals surface area contributed by atoms with Gasteiger partial charge in [-0.05, 0) is 37.0 Å². The van der Waals surface area contributed by atoms with Gasteiger partial charge in [0.2, 0.25) is 0 Å². The Kier molecular flexibility index (Phi) is 5.52. The molecule has 0 saturated heterocycles. The first kappa shape index (κ1) is 17.6. The number of benzene rings is 2. The topological polar surface area (TPSA) is 34.1 Å². The molecule has 0 spiro atoms. The highest BCUT2D eigenvalue weighted by atomic mass is 32.2. The molecule has 0 fully saturated rings. The van der Waals surface area contributed by atoms with Crippen LogP contribution in [0.1, 0.15) is 30.4 Å². The fourth-order valence-corrected chi connectivity index (χ4v) is 3.04. The Morgan fingerprint density at radius 3 is 2.09 bits per heavy atom. The first-order valence-corrected chi connectivity index (χ1v) is 9.40. The van der Waals surface area contributed by atoms with E-state index in [4.69, 9.17) is 0 Å². The van der Waals surface area contributed by atoms with Crippen molar-refractivity contribution in [2.45, 2.75) is 36.5 Å². The maximum atomic E-state index is 14.2. The van der Waals surface area contributed by atoms with E-state index in [0.29, 0.717) is 12.8 Å². The molecule has 2 nitrogen and oxygen atoms in total. The van der Waals surface area contributed by atoms with Crippen molar-refractivity contribution in [3.8, 4) is 0 Å². The molecule has 0 atom stereocenters. The normalized spacial score (nSPS) is 12.3. The van der Waals surface area contributed by atoms with E-state index in [1.165, 1.54) is 24.3 Å². The van der Waals surface area contributed by atoms with Crippen LogP contribution in [0.4, 0.5) is 8.78 Å². The highest BCUT2D eigenvalue weighted by molar-refractivity contribution is 7.90. The second-order valence-electron chi connectivity index (χ2n) is 5.69. The zero-order valence-corrected chi connectivity index (χ0v) is 13.8. The van der Waals surface area contributed by atoms with Gasteiger partial charge in [0.1, 0.15) is 0 Å². The predicted molar refractivity (Wildman–Crippen MR) is 87.4 cm³/mol. The molecule has 124 valence electrons. The summed E-state index contributed by atoms with van der Waals surface area (Å²) in [6, 6.07) is 14.7. The van der Waals surface area contributed by atoms with Crippen LogP contribution >= 0.6 is 0 Å². The minimum Gasteiger partial charge on any atom is -0.224 e. The highest BCUT2D eigenvalue weighted by Gasteiger charge is 2.30. The number of unbranched alkanes of at least 4 members (excludes halogenated alkanes) is 1. The first-order valence-electron chi connectivity index (χ1n) is 7.51. The predicted octanol–water partition coefficient (Wildman–Crippen LogP) is 4.59. The van der Waals surface area contributed by atoms with E-state index < -0.39 is 15.8 Å². The van der Waals surface area contributed by atoms with Crippen LogP contribution in [-0.2, 0) is 22.2 Å². The van der Waals surface area contributed by atoms with Crippen LogP contribution in [0.5, 0.6) is 0 Å². The van der Waals surface area contributed by atoms with E-state index in [0.717, 1.165) is 18.2 Å². The number of hydrogen-bond acceptors (Lipinski definition) is 2. The van der Waals surface area contributed by atoms with Gasteiger partial charge < -0.3 is 0 Å². The third-order valence-corrected chi connectivity index (χ3v) is 4.88. The van der Waals surface area contributed by atoms with Crippen molar-refractivity contribution < 1.29 is 17.2 Å². The van der Waals surface area contributed by atoms with Gasteiger partial charge in [-0.15, -0.1) is 0 Å². The molecule has 2 aromatic rings. The average molecular weight is 338 g/mol. The molecular weight excluding hydrogens is 318 g/mol. The van der Waals surface area contributed by atoms with E-state index in [9.17, 15) is 17.2 Å². The van der Waals surface area contributed by atoms with Crippen molar-refractivity contribution in [3.63, 3.8) is 0 Å². The van der Waals surface area contributed by atoms with Gasteiger partial charge in [0, 0.05) is 18.2 Å². The first-order chi connectivity index (χ1) is 10.8. The quantitative estimate of drug-likeness (QED) is 0.692. The van der Waals surface area contributed by atoms with Gasteiger partial charge in [0.25, 0.3) is 5.92 Å². The van der Waals surface area contributed by atoms with Crippen molar-refractivity contribution in [1.82, 2.24) is 0 Å². The molecule has 23 heavy (non-hydrogen) atoms. The molecule has 0 aliphatic heterocycles. The van der Waals surface area contributed by atoms with Crippen LogP contribution in [0, 0.1) is 0 Å². The molecule has 2 aromatic carbocycles. The van der Waals surface area contributed by atoms with Crippen molar-refractivity contribution in [3.05, 3.63) is 65.7 Å². The number of alkyl halides is 2. The van der Waals surface area contributed by atoms with Gasteiger partial charge in [0.05, 0.1) is 4.90 Å². The molecule has 0 radical (unpaired) electrons. The van der Waals surface area contributed by atoms with Gasteiger partial charge in [-0.25, -0.2) is 17.2 Å². The van der Waals surface area contributed by atoms with E-state index in [1.54, 1.807) is 0 Å². The van der Waals surface area contributed by atoms with Crippen molar-refractivity contribution in [2.24, 2.45) is 0 Å². The highest BCUT2D eigenvalue weighted by Crippen LogP contribution is 2.34. The van der Waals surface area contributed by atoms with Crippen LogP contribution in [0.15, 0.2) is 59.5 Å². The molecule has 5 heteroatoms. The van der Waals surface area contributed by atoms with Gasteiger partial charge in [-0.1, -0.05) is 42.5 Å². The fraction of sp³-hybridized carbons (Fsp3) is 0.333. The van der Waals surface area contributed by atoms with E-state index in [1.807, 2.05) is 30.3 Å². The lowest BCUT2D eigenvalue weighted by Crippen LogP contribution is -2.13. The maximum Gasteiger partial charge on any atom is 0.273 e. The van der Waals surface area contributed by atoms with Crippen LogP contribution in [-0.4, -0.2) is 14.7 Å². The van der Waals surface area contributed by atoms with Crippen LogP contribution in [0.2, 0.25) is 0 Å². The largest absolute Gasteiger partial charge is 0.273 e. The molecule has 0 aliphatic carbocycles. The molecule has 0 amide bonds. The molecule has 2 rings (SSSR count). The zero-order valence-electron chi connectivity index (χ0n) is 13.0. The number of rotatable bonds is 7. The molecule has 0 saturated carbocycles. The summed E-state index contributed by atoms with van der Waals surface area (Å²) in [6.07, 6.45) is 2.71. The maximum absolute atomic E-state index is 14.2. The summed E-state index contributed by atoms with van der Waals surface area (Å²) in [5.74, 6) is -2.94. The monoisotopic (exact) mass is 338 g/mol. The van der Waals surface area contributed by atoms with Crippen molar-refractivity contribution >= 4 is 9.84 Å². The Balaban J connectivity index is 1.91. The standard InChI is InChI=1S/C18H20F2O2S/c1-23(21,22)17-12-10-16(11-13-17)18(19,20)14-6-5-9-15-7-3-2-4-8-15/h2-4,7-8,10-13H,5-6,9,14H2,1H3. The third kappa shape index (κ3) is 5.13. The lowest BCUT2D eigenvalue weighted by molar-refractivity contribution is -0.0157. The second-order valence-corrected chi connectivity index (χ2v) is 7.71. The molecule has 0 aromatic heterocycles. The summed E-state index contributed by atoms with van der Waals surface area (Å²) < 4.78 is 51.0. The Hall–Kier alpha value is -1.75. The summed E-state index contributed by atoms with van der Waals surface area (Å²) in [5.41, 5.74) is 1.01. The summed E-state index contributed by atoms with van der Waals surface area (Å²) in [7, 11) is -3.36. The van der Waals surface area contributed by atoms with Crippen molar-refractivity contribution in [2.75, 3.05) is 6.26 Å². The molecular formula is C18H20F2O2S. The zero-order chi connectivity index (χ0) is 16.9. The number of halogens is 2. The van der Waals surface area contributed by atoms with E-state index in [2.05, 4.69) is 0 Å². The Labute approximate surface area is 136 Å². The van der Waals surface area contributed by atoms with Crippen molar-refractivity contribution in [1.29, 1.82) is 0 Å². The van der Waals surface area contributed by atoms with Gasteiger partial charge in [-0.2, -0.15) is 0 Å². The number of aryl methyl sites for hydroxylation is 1. The van der Waals surface area contributed by atoms with E-state index >= 15 is 0 Å². The van der Waals surface area contributed by atoms with Crippen LogP contribution in [0.3, 0.4) is 0 Å². The second kappa shape index (κ2) is 7.21. The number of hydrogen-bond donors (Lipinski definition) is 0. The molecule has 0 N–H and O–H groups in total. The lowest BCUT2D eigenvalue weighted by atomic mass is 10.0. The van der Waals surface area contributed by atoms with Crippen LogP contribution < -0.4 is 0 Å². The van der Waals surface area contributed by atoms with Gasteiger partial charge >= 0.3 is 0 Å². The minimum absolute atomic E-state index is 0.0566. The van der Waals surface area contributed by atoms with E-state index in [-0.39, 0.29) is 16.9 Å². The molecule has 0 bridgehead atoms. The summed E-state index contributed by atoms with van der Waals surface area (Å²) in [6.45, 7) is 0. The summed E-state index contributed by atoms with van der Waals surface area (Å²) >= 11 is 0. The molecule has 0 unspecified atom stereocenters.